The van der Waals surface area contributed by atoms with Crippen LogP contribution in [0.1, 0.15) is 15.9 Å². The zero-order valence-electron chi connectivity index (χ0n) is 9.73. The van der Waals surface area contributed by atoms with Crippen LogP contribution >= 0.6 is 11.6 Å². The molecule has 2 rings (SSSR count). The van der Waals surface area contributed by atoms with Crippen LogP contribution in [0.2, 0.25) is 5.02 Å². The summed E-state index contributed by atoms with van der Waals surface area (Å²) in [6.07, 6.45) is -0.0581. The van der Waals surface area contributed by atoms with Crippen LogP contribution in [0.4, 0.5) is 4.39 Å². The number of aromatic hydroxyl groups is 2. The van der Waals surface area contributed by atoms with Crippen molar-refractivity contribution in [3.05, 3.63) is 58.4 Å². The molecule has 0 radical (unpaired) electrons. The number of phenolic OH excluding ortho intramolecular Hbond substituents is 2. The van der Waals surface area contributed by atoms with Crippen molar-refractivity contribution >= 4 is 17.4 Å². The molecule has 3 nitrogen and oxygen atoms in total. The van der Waals surface area contributed by atoms with E-state index in [9.17, 15) is 14.3 Å². The van der Waals surface area contributed by atoms with Gasteiger partial charge in [-0.2, -0.15) is 0 Å². The standard InChI is InChI=1S/C14H10ClFO3/c15-12-6-9(16)2-1-8(12)5-13(18)11-4-3-10(17)7-14(11)19/h1-4,6-7,17,19H,5H2. The number of carbonyl (C=O) groups is 1. The SMILES string of the molecule is O=C(Cc1ccc(F)cc1Cl)c1ccc(O)cc1O. The number of halogens is 2. The summed E-state index contributed by atoms with van der Waals surface area (Å²) in [7, 11) is 0. The van der Waals surface area contributed by atoms with E-state index in [0.29, 0.717) is 5.56 Å². The van der Waals surface area contributed by atoms with Gasteiger partial charge in [-0.3, -0.25) is 4.79 Å². The molecule has 0 aliphatic rings. The van der Waals surface area contributed by atoms with E-state index in [-0.39, 0.29) is 34.3 Å². The maximum atomic E-state index is 12.9. The molecule has 0 saturated carbocycles. The number of hydrogen-bond acceptors (Lipinski definition) is 3. The molecule has 0 aromatic heterocycles. The van der Waals surface area contributed by atoms with Crippen molar-refractivity contribution in [2.45, 2.75) is 6.42 Å². The fourth-order valence-electron chi connectivity index (χ4n) is 1.69. The molecule has 0 unspecified atom stereocenters. The number of hydrogen-bond donors (Lipinski definition) is 2. The summed E-state index contributed by atoms with van der Waals surface area (Å²) in [5.74, 6) is -1.28. The van der Waals surface area contributed by atoms with Crippen LogP contribution in [-0.4, -0.2) is 16.0 Å². The van der Waals surface area contributed by atoms with Gasteiger partial charge in [-0.25, -0.2) is 4.39 Å². The predicted octanol–water partition coefficient (Wildman–Crippen LogP) is 3.32. The second kappa shape index (κ2) is 5.28. The fraction of sp³-hybridized carbons (Fsp3) is 0.0714. The Balaban J connectivity index is 2.25. The van der Waals surface area contributed by atoms with Gasteiger partial charge in [0.25, 0.3) is 0 Å². The topological polar surface area (TPSA) is 57.5 Å². The van der Waals surface area contributed by atoms with Gasteiger partial charge in [0, 0.05) is 17.5 Å². The lowest BCUT2D eigenvalue weighted by Crippen LogP contribution is -2.04. The Hall–Kier alpha value is -2.07. The fourth-order valence-corrected chi connectivity index (χ4v) is 1.92. The Bertz CT molecular complexity index is 641. The molecule has 0 fully saturated rings. The van der Waals surface area contributed by atoms with Gasteiger partial charge < -0.3 is 10.2 Å². The third-order valence-electron chi connectivity index (χ3n) is 2.65. The van der Waals surface area contributed by atoms with Gasteiger partial charge in [-0.1, -0.05) is 17.7 Å². The second-order valence-corrected chi connectivity index (χ2v) is 4.44. The van der Waals surface area contributed by atoms with Crippen LogP contribution in [0.5, 0.6) is 11.5 Å². The molecular weight excluding hydrogens is 271 g/mol. The minimum atomic E-state index is -0.478. The summed E-state index contributed by atoms with van der Waals surface area (Å²) >= 11 is 5.83. The van der Waals surface area contributed by atoms with E-state index in [1.165, 1.54) is 24.3 Å². The number of ketones is 1. The van der Waals surface area contributed by atoms with Crippen LogP contribution < -0.4 is 0 Å². The Morgan fingerprint density at radius 1 is 1.16 bits per heavy atom. The van der Waals surface area contributed by atoms with Crippen molar-refractivity contribution < 1.29 is 19.4 Å². The molecule has 2 aromatic rings. The monoisotopic (exact) mass is 280 g/mol. The third kappa shape index (κ3) is 3.03. The van der Waals surface area contributed by atoms with Crippen LogP contribution in [-0.2, 0) is 6.42 Å². The highest BCUT2D eigenvalue weighted by molar-refractivity contribution is 6.31. The largest absolute Gasteiger partial charge is 0.508 e. The quantitative estimate of drug-likeness (QED) is 0.848. The van der Waals surface area contributed by atoms with Crippen LogP contribution in [0.25, 0.3) is 0 Å². The van der Waals surface area contributed by atoms with Gasteiger partial charge in [0.1, 0.15) is 17.3 Å². The zero-order chi connectivity index (χ0) is 14.0. The predicted molar refractivity (Wildman–Crippen MR) is 69.2 cm³/mol. The molecule has 0 atom stereocenters. The number of Topliss-reactive ketones (excluding diaryl/α,β-unsaturated/α-hetero) is 1. The van der Waals surface area contributed by atoms with Crippen molar-refractivity contribution in [2.75, 3.05) is 0 Å². The normalized spacial score (nSPS) is 10.4. The summed E-state index contributed by atoms with van der Waals surface area (Å²) in [5.41, 5.74) is 0.554. The van der Waals surface area contributed by atoms with Crippen LogP contribution in [0.3, 0.4) is 0 Å². The van der Waals surface area contributed by atoms with E-state index >= 15 is 0 Å². The van der Waals surface area contributed by atoms with Crippen LogP contribution in [0.15, 0.2) is 36.4 Å². The first-order chi connectivity index (χ1) is 8.97. The van der Waals surface area contributed by atoms with E-state index in [1.54, 1.807) is 0 Å². The molecule has 0 amide bonds. The summed E-state index contributed by atoms with van der Waals surface area (Å²) in [4.78, 5) is 12.0. The zero-order valence-corrected chi connectivity index (χ0v) is 10.5. The molecule has 98 valence electrons. The van der Waals surface area contributed by atoms with Gasteiger partial charge in [-0.05, 0) is 29.8 Å². The lowest BCUT2D eigenvalue weighted by molar-refractivity contribution is 0.0990. The highest BCUT2D eigenvalue weighted by atomic mass is 35.5. The smallest absolute Gasteiger partial charge is 0.171 e. The van der Waals surface area contributed by atoms with Crippen molar-refractivity contribution in [1.82, 2.24) is 0 Å². The van der Waals surface area contributed by atoms with E-state index in [1.807, 2.05) is 0 Å². The van der Waals surface area contributed by atoms with E-state index < -0.39 is 5.82 Å². The first kappa shape index (κ1) is 13.4. The van der Waals surface area contributed by atoms with Gasteiger partial charge in [0.15, 0.2) is 5.78 Å². The second-order valence-electron chi connectivity index (χ2n) is 4.04. The Labute approximate surface area is 113 Å². The molecule has 2 aromatic carbocycles. The molecule has 5 heteroatoms. The summed E-state index contributed by atoms with van der Waals surface area (Å²) in [5, 5.41) is 18.9. The van der Waals surface area contributed by atoms with Gasteiger partial charge in [-0.15, -0.1) is 0 Å². The molecule has 0 aliphatic heterocycles. The number of benzene rings is 2. The highest BCUT2D eigenvalue weighted by Crippen LogP contribution is 2.25. The lowest BCUT2D eigenvalue weighted by atomic mass is 10.0. The average Bonchev–Trinajstić information content (AvgIpc) is 2.32. The minimum absolute atomic E-state index is 0.0581. The average molecular weight is 281 g/mol. The number of rotatable bonds is 3. The minimum Gasteiger partial charge on any atom is -0.508 e. The molecule has 2 N–H and O–H groups in total. The highest BCUT2D eigenvalue weighted by Gasteiger charge is 2.14. The number of phenols is 2. The first-order valence-corrected chi connectivity index (χ1v) is 5.84. The van der Waals surface area contributed by atoms with Crippen molar-refractivity contribution in [2.24, 2.45) is 0 Å². The van der Waals surface area contributed by atoms with Gasteiger partial charge in [0.2, 0.25) is 0 Å². The van der Waals surface area contributed by atoms with E-state index in [2.05, 4.69) is 0 Å². The number of carbonyl (C=O) groups excluding carboxylic acids is 1. The molecule has 0 saturated heterocycles. The maximum absolute atomic E-state index is 12.9. The van der Waals surface area contributed by atoms with E-state index in [4.69, 9.17) is 16.7 Å². The van der Waals surface area contributed by atoms with Gasteiger partial charge >= 0.3 is 0 Å². The molecule has 0 spiro atoms. The molecule has 0 heterocycles. The third-order valence-corrected chi connectivity index (χ3v) is 3.00. The summed E-state index contributed by atoms with van der Waals surface area (Å²) in [6, 6.07) is 7.47. The molecule has 0 bridgehead atoms. The first-order valence-electron chi connectivity index (χ1n) is 5.46. The summed E-state index contributed by atoms with van der Waals surface area (Å²) in [6.45, 7) is 0. The van der Waals surface area contributed by atoms with Crippen LogP contribution in [0, 0.1) is 5.82 Å². The van der Waals surface area contributed by atoms with E-state index in [0.717, 1.165) is 12.1 Å². The lowest BCUT2D eigenvalue weighted by Gasteiger charge is -2.06. The van der Waals surface area contributed by atoms with Crippen molar-refractivity contribution in [3.63, 3.8) is 0 Å². The summed E-state index contributed by atoms with van der Waals surface area (Å²) < 4.78 is 12.9. The molecular formula is C14H10ClFO3. The van der Waals surface area contributed by atoms with Crippen molar-refractivity contribution in [1.29, 1.82) is 0 Å². The molecule has 0 aliphatic carbocycles. The Kier molecular flexibility index (Phi) is 3.71. The Morgan fingerprint density at radius 3 is 2.53 bits per heavy atom. The molecule has 19 heavy (non-hydrogen) atoms. The Morgan fingerprint density at radius 2 is 1.89 bits per heavy atom. The van der Waals surface area contributed by atoms with Crippen molar-refractivity contribution in [3.8, 4) is 11.5 Å². The van der Waals surface area contributed by atoms with Gasteiger partial charge in [0.05, 0.1) is 5.56 Å². The maximum Gasteiger partial charge on any atom is 0.171 e.